The van der Waals surface area contributed by atoms with E-state index >= 15 is 0 Å². The van der Waals surface area contributed by atoms with Gasteiger partial charge in [0.2, 0.25) is 0 Å². The summed E-state index contributed by atoms with van der Waals surface area (Å²) < 4.78 is 8.78. The van der Waals surface area contributed by atoms with Gasteiger partial charge in [0.05, 0.1) is 18.8 Å². The molecule has 0 saturated heterocycles. The van der Waals surface area contributed by atoms with Gasteiger partial charge in [0.15, 0.2) is 0 Å². The molecule has 0 aliphatic heterocycles. The largest absolute Gasteiger partial charge is 1.00 e. The summed E-state index contributed by atoms with van der Waals surface area (Å²) in [6, 6.07) is 0. The van der Waals surface area contributed by atoms with E-state index in [0.29, 0.717) is 12.7 Å². The van der Waals surface area contributed by atoms with E-state index in [1.807, 2.05) is 6.92 Å². The molecule has 0 N–H and O–H groups in total. The Bertz CT molecular complexity index is 311. The number of carboxylic acids is 1. The molecule has 0 fully saturated rings. The van der Waals surface area contributed by atoms with Gasteiger partial charge in [0, 0.05) is 13.0 Å². The molecule has 0 aliphatic carbocycles. The van der Waals surface area contributed by atoms with Gasteiger partial charge in [0.1, 0.15) is 0 Å². The molecule has 0 atom stereocenters. The van der Waals surface area contributed by atoms with E-state index < -0.39 is 11.9 Å². The molecule has 0 aliphatic rings. The van der Waals surface area contributed by atoms with Crippen LogP contribution < -0.4 is 34.7 Å². The van der Waals surface area contributed by atoms with Crippen LogP contribution >= 0.6 is 0 Å². The first-order valence-electron chi connectivity index (χ1n) is 5.28. The van der Waals surface area contributed by atoms with Crippen molar-refractivity contribution >= 4 is 17.9 Å². The number of hydrogen-bond donors (Lipinski definition) is 0. The molecule has 0 unspecified atom stereocenters. The Kier molecular flexibility index (Phi) is 20.5. The zero-order valence-corrected chi connectivity index (χ0v) is 13.5. The minimum atomic E-state index is -1.40. The number of aliphatic carboxylic acids is 1. The van der Waals surface area contributed by atoms with Crippen molar-refractivity contribution in [2.45, 2.75) is 26.7 Å². The SMILES string of the molecule is C=COC(C)=O.CCCCOC(=O)/C=C\C(=O)[O-].[Na+]. The second kappa shape index (κ2) is 16.9. The number of hydrogen-bond acceptors (Lipinski definition) is 6. The quantitative estimate of drug-likeness (QED) is 0.173. The van der Waals surface area contributed by atoms with Gasteiger partial charge in [-0.3, -0.25) is 4.79 Å². The Morgan fingerprint density at radius 2 is 1.84 bits per heavy atom. The Labute approximate surface area is 134 Å². The first-order chi connectivity index (χ1) is 8.43. The van der Waals surface area contributed by atoms with Gasteiger partial charge in [-0.1, -0.05) is 19.9 Å². The molecule has 0 spiro atoms. The topological polar surface area (TPSA) is 92.7 Å². The minimum absolute atomic E-state index is 0. The maximum atomic E-state index is 10.6. The zero-order chi connectivity index (χ0) is 14.4. The summed E-state index contributed by atoms with van der Waals surface area (Å²) in [4.78, 5) is 30.2. The third kappa shape index (κ3) is 26.5. The molecule has 102 valence electrons. The average molecular weight is 280 g/mol. The molecule has 19 heavy (non-hydrogen) atoms. The molecule has 0 radical (unpaired) electrons. The predicted molar refractivity (Wildman–Crippen MR) is 62.0 cm³/mol. The van der Waals surface area contributed by atoms with E-state index in [9.17, 15) is 19.5 Å². The Morgan fingerprint density at radius 3 is 2.16 bits per heavy atom. The third-order valence-corrected chi connectivity index (χ3v) is 1.35. The van der Waals surface area contributed by atoms with E-state index in [-0.39, 0.29) is 35.5 Å². The maximum Gasteiger partial charge on any atom is 1.00 e. The maximum absolute atomic E-state index is 10.6. The number of rotatable bonds is 6. The predicted octanol–water partition coefficient (Wildman–Crippen LogP) is -2.67. The van der Waals surface area contributed by atoms with Gasteiger partial charge in [-0.25, -0.2) is 4.79 Å². The monoisotopic (exact) mass is 280 g/mol. The fourth-order valence-electron chi connectivity index (χ4n) is 0.619. The van der Waals surface area contributed by atoms with Crippen molar-refractivity contribution in [3.8, 4) is 0 Å². The van der Waals surface area contributed by atoms with E-state index in [0.717, 1.165) is 25.2 Å². The molecule has 0 aromatic rings. The van der Waals surface area contributed by atoms with Gasteiger partial charge in [-0.05, 0) is 12.5 Å². The van der Waals surface area contributed by atoms with E-state index in [1.165, 1.54) is 6.92 Å². The second-order valence-electron chi connectivity index (χ2n) is 2.95. The van der Waals surface area contributed by atoms with E-state index in [1.54, 1.807) is 0 Å². The van der Waals surface area contributed by atoms with Crippen LogP contribution in [0.1, 0.15) is 26.7 Å². The number of unbranched alkanes of at least 4 members (excludes halogenated alkanes) is 1. The van der Waals surface area contributed by atoms with E-state index in [4.69, 9.17) is 0 Å². The summed E-state index contributed by atoms with van der Waals surface area (Å²) in [5, 5.41) is 9.83. The summed E-state index contributed by atoms with van der Waals surface area (Å²) in [5.74, 6) is -2.37. The van der Waals surface area contributed by atoms with Crippen molar-refractivity contribution in [3.63, 3.8) is 0 Å². The fraction of sp³-hybridized carbons (Fsp3) is 0.417. The van der Waals surface area contributed by atoms with Crippen molar-refractivity contribution in [2.24, 2.45) is 0 Å². The Balaban J connectivity index is -0.000000313. The van der Waals surface area contributed by atoms with Crippen LogP contribution in [0.5, 0.6) is 0 Å². The van der Waals surface area contributed by atoms with Crippen LogP contribution in [0.3, 0.4) is 0 Å². The van der Waals surface area contributed by atoms with Crippen molar-refractivity contribution in [1.29, 1.82) is 0 Å². The molecular weight excluding hydrogens is 263 g/mol. The molecular formula is C12H17NaO6. The van der Waals surface area contributed by atoms with Crippen LogP contribution in [0.15, 0.2) is 25.0 Å². The summed E-state index contributed by atoms with van der Waals surface area (Å²) in [7, 11) is 0. The molecule has 0 aromatic heterocycles. The van der Waals surface area contributed by atoms with Crippen molar-refractivity contribution in [1.82, 2.24) is 0 Å². The normalized spacial score (nSPS) is 8.53. The molecule has 6 nitrogen and oxygen atoms in total. The first-order valence-corrected chi connectivity index (χ1v) is 5.28. The molecule has 7 heteroatoms. The van der Waals surface area contributed by atoms with Crippen LogP contribution in [0.4, 0.5) is 0 Å². The summed E-state index contributed by atoms with van der Waals surface area (Å²) >= 11 is 0. The summed E-state index contributed by atoms with van der Waals surface area (Å²) in [6.45, 7) is 6.77. The van der Waals surface area contributed by atoms with Crippen molar-refractivity contribution in [3.05, 3.63) is 25.0 Å². The standard InChI is InChI=1S/C8H12O4.C4H6O2.Na/c1-2-3-6-12-8(11)5-4-7(9)10;1-3-6-4(2)5;/h4-5H,2-3,6H2,1H3,(H,9,10);3H,1H2,2H3;/q;;+1/p-1/b5-4-;;. The summed E-state index contributed by atoms with van der Waals surface area (Å²) in [6.07, 6.45) is 4.30. The smallest absolute Gasteiger partial charge is 0.545 e. The van der Waals surface area contributed by atoms with Gasteiger partial charge in [0.25, 0.3) is 0 Å². The Hall–Kier alpha value is -1.11. The molecule has 0 rings (SSSR count). The number of carbonyl (C=O) groups is 3. The molecule has 0 amide bonds. The number of carboxylic acid groups (broad SMARTS) is 1. The fourth-order valence-corrected chi connectivity index (χ4v) is 0.619. The minimum Gasteiger partial charge on any atom is -0.545 e. The third-order valence-electron chi connectivity index (χ3n) is 1.35. The number of esters is 2. The van der Waals surface area contributed by atoms with Gasteiger partial charge < -0.3 is 19.4 Å². The molecule has 0 bridgehead atoms. The van der Waals surface area contributed by atoms with Crippen molar-refractivity contribution < 1.29 is 58.5 Å². The molecule has 0 heterocycles. The number of ether oxygens (including phenoxy) is 2. The van der Waals surface area contributed by atoms with Crippen LogP contribution in [0, 0.1) is 0 Å². The number of carbonyl (C=O) groups excluding carboxylic acids is 3. The van der Waals surface area contributed by atoms with Crippen LogP contribution in [0.2, 0.25) is 0 Å². The summed E-state index contributed by atoms with van der Waals surface area (Å²) in [5.41, 5.74) is 0. The van der Waals surface area contributed by atoms with E-state index in [2.05, 4.69) is 16.1 Å². The van der Waals surface area contributed by atoms with Gasteiger partial charge >= 0.3 is 41.5 Å². The first kappa shape index (κ1) is 23.0. The molecule has 0 aromatic carbocycles. The van der Waals surface area contributed by atoms with Gasteiger partial charge in [-0.15, -0.1) is 0 Å². The zero-order valence-electron chi connectivity index (χ0n) is 11.5. The van der Waals surface area contributed by atoms with Crippen molar-refractivity contribution in [2.75, 3.05) is 6.61 Å². The van der Waals surface area contributed by atoms with Gasteiger partial charge in [-0.2, -0.15) is 0 Å². The molecule has 0 saturated carbocycles. The van der Waals surface area contributed by atoms with Crippen LogP contribution in [-0.2, 0) is 23.9 Å². The van der Waals surface area contributed by atoms with Crippen LogP contribution in [0.25, 0.3) is 0 Å². The average Bonchev–Trinajstić information content (AvgIpc) is 2.27. The second-order valence-corrected chi connectivity index (χ2v) is 2.95. The Morgan fingerprint density at radius 1 is 1.26 bits per heavy atom. The van der Waals surface area contributed by atoms with Crippen LogP contribution in [-0.4, -0.2) is 24.5 Å².